The Morgan fingerprint density at radius 3 is 2.41 bits per heavy atom. The molecular weight excluding hydrogens is 434 g/mol. The van der Waals surface area contributed by atoms with Crippen LogP contribution in [0.2, 0.25) is 0 Å². The van der Waals surface area contributed by atoms with Crippen LogP contribution in [0, 0.1) is 10.1 Å². The lowest BCUT2D eigenvalue weighted by Gasteiger charge is -2.14. The predicted molar refractivity (Wildman–Crippen MR) is 129 cm³/mol. The van der Waals surface area contributed by atoms with Crippen molar-refractivity contribution >= 4 is 22.5 Å². The molecule has 34 heavy (non-hydrogen) atoms. The van der Waals surface area contributed by atoms with Crippen molar-refractivity contribution in [3.8, 4) is 5.75 Å². The highest BCUT2D eigenvalue weighted by molar-refractivity contribution is 5.97. The molecule has 1 amide bonds. The van der Waals surface area contributed by atoms with Crippen molar-refractivity contribution in [3.63, 3.8) is 0 Å². The Morgan fingerprint density at radius 1 is 1.00 bits per heavy atom. The lowest BCUT2D eigenvalue weighted by atomic mass is 10.1. The van der Waals surface area contributed by atoms with Gasteiger partial charge in [0.05, 0.1) is 24.1 Å². The number of fused-ring (bicyclic) bond motifs is 1. The number of amides is 1. The molecule has 1 N–H and O–H groups in total. The number of nitro benzene ring substituents is 1. The van der Waals surface area contributed by atoms with Crippen molar-refractivity contribution in [1.82, 2.24) is 9.88 Å². The molecule has 4 aromatic rings. The monoisotopic (exact) mass is 457 g/mol. The maximum atomic E-state index is 13.4. The highest BCUT2D eigenvalue weighted by atomic mass is 16.6. The van der Waals surface area contributed by atoms with Crippen LogP contribution in [-0.2, 0) is 13.0 Å². The molecule has 4 rings (SSSR count). The van der Waals surface area contributed by atoms with E-state index in [0.717, 1.165) is 11.1 Å². The van der Waals surface area contributed by atoms with E-state index in [0.29, 0.717) is 29.6 Å². The summed E-state index contributed by atoms with van der Waals surface area (Å²) in [4.78, 5) is 37.1. The highest BCUT2D eigenvalue weighted by Gasteiger charge is 2.18. The molecule has 0 aliphatic rings. The standard InChI is InChI=1S/C26H23N3O5/c1-34-22-11-7-19(8-12-22)17-28-24-16-21(29(32)33)10-9-20(24)15-23(26(28)31)25(30)27-14-13-18-5-3-2-4-6-18/h2-12,15-16H,13-14,17H2,1H3,(H,27,30). The van der Waals surface area contributed by atoms with Crippen LogP contribution in [0.3, 0.4) is 0 Å². The molecule has 0 unspecified atom stereocenters. The Balaban J connectivity index is 1.69. The van der Waals surface area contributed by atoms with E-state index < -0.39 is 16.4 Å². The quantitative estimate of drug-likeness (QED) is 0.319. The molecule has 172 valence electrons. The van der Waals surface area contributed by atoms with Crippen LogP contribution >= 0.6 is 0 Å². The number of pyridine rings is 1. The summed E-state index contributed by atoms with van der Waals surface area (Å²) in [7, 11) is 1.56. The molecular formula is C26H23N3O5. The number of aromatic nitrogens is 1. The Morgan fingerprint density at radius 2 is 1.74 bits per heavy atom. The Bertz CT molecular complexity index is 1400. The average molecular weight is 457 g/mol. The number of benzene rings is 3. The number of nitrogens with one attached hydrogen (secondary N) is 1. The van der Waals surface area contributed by atoms with Gasteiger partial charge in [-0.05, 0) is 47.2 Å². The number of carbonyl (C=O) groups excluding carboxylic acids is 1. The van der Waals surface area contributed by atoms with Crippen molar-refractivity contribution in [1.29, 1.82) is 0 Å². The molecule has 0 aliphatic carbocycles. The van der Waals surface area contributed by atoms with Gasteiger partial charge in [0.1, 0.15) is 11.3 Å². The van der Waals surface area contributed by atoms with Crippen molar-refractivity contribution in [2.45, 2.75) is 13.0 Å². The van der Waals surface area contributed by atoms with Crippen molar-refractivity contribution in [3.05, 3.63) is 116 Å². The summed E-state index contributed by atoms with van der Waals surface area (Å²) in [5, 5.41) is 14.7. The SMILES string of the molecule is COc1ccc(Cn2c(=O)c(C(=O)NCCc3ccccc3)cc3ccc([N+](=O)[O-])cc32)cc1. The zero-order valence-corrected chi connectivity index (χ0v) is 18.6. The first-order valence-electron chi connectivity index (χ1n) is 10.7. The van der Waals surface area contributed by atoms with Crippen LogP contribution in [0.1, 0.15) is 21.5 Å². The fourth-order valence-electron chi connectivity index (χ4n) is 3.77. The van der Waals surface area contributed by atoms with E-state index in [4.69, 9.17) is 4.74 Å². The van der Waals surface area contributed by atoms with Crippen LogP contribution in [-0.4, -0.2) is 29.1 Å². The summed E-state index contributed by atoms with van der Waals surface area (Å²) in [5.41, 5.74) is 1.60. The van der Waals surface area contributed by atoms with E-state index in [2.05, 4.69) is 5.32 Å². The minimum atomic E-state index is -0.513. The zero-order chi connectivity index (χ0) is 24.1. The molecule has 0 aliphatic heterocycles. The molecule has 0 spiro atoms. The number of non-ortho nitro benzene ring substituents is 1. The minimum absolute atomic E-state index is 0.0112. The van der Waals surface area contributed by atoms with Gasteiger partial charge in [-0.1, -0.05) is 42.5 Å². The van der Waals surface area contributed by atoms with E-state index in [9.17, 15) is 19.7 Å². The fourth-order valence-corrected chi connectivity index (χ4v) is 3.77. The van der Waals surface area contributed by atoms with Gasteiger partial charge in [-0.15, -0.1) is 0 Å². The molecule has 1 heterocycles. The number of carbonyl (C=O) groups is 1. The van der Waals surface area contributed by atoms with Gasteiger partial charge >= 0.3 is 0 Å². The third-order valence-electron chi connectivity index (χ3n) is 5.58. The van der Waals surface area contributed by atoms with Gasteiger partial charge in [0.25, 0.3) is 17.2 Å². The molecule has 1 aromatic heterocycles. The maximum absolute atomic E-state index is 13.4. The zero-order valence-electron chi connectivity index (χ0n) is 18.6. The van der Waals surface area contributed by atoms with E-state index in [-0.39, 0.29) is 17.8 Å². The van der Waals surface area contributed by atoms with E-state index in [1.807, 2.05) is 30.3 Å². The molecule has 0 saturated carbocycles. The lowest BCUT2D eigenvalue weighted by Crippen LogP contribution is -2.34. The summed E-state index contributed by atoms with van der Waals surface area (Å²) < 4.78 is 6.58. The smallest absolute Gasteiger partial charge is 0.271 e. The van der Waals surface area contributed by atoms with E-state index in [1.165, 1.54) is 22.8 Å². The first kappa shape index (κ1) is 22.7. The topological polar surface area (TPSA) is 103 Å². The number of rotatable bonds is 8. The van der Waals surface area contributed by atoms with Gasteiger partial charge in [-0.25, -0.2) is 0 Å². The molecule has 0 radical (unpaired) electrons. The molecule has 0 atom stereocenters. The summed E-state index contributed by atoms with van der Waals surface area (Å²) in [6.07, 6.45) is 0.631. The van der Waals surface area contributed by atoms with E-state index in [1.54, 1.807) is 37.4 Å². The Kier molecular flexibility index (Phi) is 6.68. The second-order valence-electron chi connectivity index (χ2n) is 7.79. The molecule has 8 nitrogen and oxygen atoms in total. The van der Waals surface area contributed by atoms with Crippen molar-refractivity contribution in [2.24, 2.45) is 0 Å². The first-order valence-corrected chi connectivity index (χ1v) is 10.7. The average Bonchev–Trinajstić information content (AvgIpc) is 2.86. The molecule has 3 aromatic carbocycles. The van der Waals surface area contributed by atoms with E-state index >= 15 is 0 Å². The summed E-state index contributed by atoms with van der Waals surface area (Å²) >= 11 is 0. The minimum Gasteiger partial charge on any atom is -0.497 e. The number of nitro groups is 1. The predicted octanol–water partition coefficient (Wildman–Crippen LogP) is 3.94. The molecule has 0 fully saturated rings. The second kappa shape index (κ2) is 9.99. The van der Waals surface area contributed by atoms with Crippen molar-refractivity contribution < 1.29 is 14.5 Å². The van der Waals surface area contributed by atoms with Crippen LogP contribution in [0.15, 0.2) is 83.7 Å². The van der Waals surface area contributed by atoms with Gasteiger partial charge in [0.2, 0.25) is 0 Å². The first-order chi connectivity index (χ1) is 16.5. The molecule has 0 saturated heterocycles. The van der Waals surface area contributed by atoms with Crippen LogP contribution in [0.25, 0.3) is 10.9 Å². The maximum Gasteiger partial charge on any atom is 0.271 e. The largest absolute Gasteiger partial charge is 0.497 e. The molecule has 8 heteroatoms. The van der Waals surface area contributed by atoms with Crippen LogP contribution in [0.4, 0.5) is 5.69 Å². The number of methoxy groups -OCH3 is 1. The van der Waals surface area contributed by atoms with Gasteiger partial charge in [-0.2, -0.15) is 0 Å². The Hall–Kier alpha value is -4.46. The van der Waals surface area contributed by atoms with Gasteiger partial charge in [-0.3, -0.25) is 19.7 Å². The number of nitrogens with zero attached hydrogens (tertiary/aromatic N) is 2. The lowest BCUT2D eigenvalue weighted by molar-refractivity contribution is -0.384. The number of hydrogen-bond acceptors (Lipinski definition) is 5. The summed E-state index contributed by atoms with van der Waals surface area (Å²) in [6.45, 7) is 0.519. The summed E-state index contributed by atoms with van der Waals surface area (Å²) in [5.74, 6) is 0.188. The molecule has 0 bridgehead atoms. The highest BCUT2D eigenvalue weighted by Crippen LogP contribution is 2.22. The fraction of sp³-hybridized carbons (Fsp3) is 0.154. The van der Waals surface area contributed by atoms with Crippen LogP contribution in [0.5, 0.6) is 5.75 Å². The third kappa shape index (κ3) is 4.96. The Labute approximate surface area is 195 Å². The van der Waals surface area contributed by atoms with Gasteiger partial charge in [0, 0.05) is 18.7 Å². The summed E-state index contributed by atoms with van der Waals surface area (Å²) in [6, 6.07) is 22.6. The van der Waals surface area contributed by atoms with Gasteiger partial charge < -0.3 is 14.6 Å². The second-order valence-corrected chi connectivity index (χ2v) is 7.79. The number of ether oxygens (including phenoxy) is 1. The van der Waals surface area contributed by atoms with Crippen molar-refractivity contribution in [2.75, 3.05) is 13.7 Å². The third-order valence-corrected chi connectivity index (χ3v) is 5.58. The number of hydrogen-bond donors (Lipinski definition) is 1. The normalized spacial score (nSPS) is 10.7. The van der Waals surface area contributed by atoms with Crippen LogP contribution < -0.4 is 15.6 Å². The van der Waals surface area contributed by atoms with Gasteiger partial charge in [0.15, 0.2) is 0 Å².